The predicted octanol–water partition coefficient (Wildman–Crippen LogP) is 5.61. The first-order chi connectivity index (χ1) is 9.45. The van der Waals surface area contributed by atoms with E-state index in [0.29, 0.717) is 0 Å². The van der Waals surface area contributed by atoms with Gasteiger partial charge >= 0.3 is 0 Å². The van der Waals surface area contributed by atoms with Gasteiger partial charge in [-0.2, -0.15) is 0 Å². The van der Waals surface area contributed by atoms with Crippen LogP contribution in [-0.2, 0) is 9.68 Å². The topological polar surface area (TPSA) is 24.9 Å². The molecule has 0 atom stereocenters. The van der Waals surface area contributed by atoms with E-state index in [1.807, 2.05) is 10.1 Å². The highest BCUT2D eigenvalue weighted by atomic mass is 79.9. The molecule has 0 radical (unpaired) electrons. The van der Waals surface area contributed by atoms with Gasteiger partial charge in [-0.25, -0.2) is 10.1 Å². The summed E-state index contributed by atoms with van der Waals surface area (Å²) >= 11 is 8.91. The predicted molar refractivity (Wildman–Crippen MR) is 98.2 cm³/mol. The van der Waals surface area contributed by atoms with Crippen LogP contribution in [0, 0.1) is 0 Å². The second-order valence-electron chi connectivity index (χ2n) is 6.64. The number of anilines is 2. The van der Waals surface area contributed by atoms with Crippen molar-refractivity contribution in [3.63, 3.8) is 0 Å². The Kier molecular flexibility index (Phi) is 6.17. The first-order valence-corrected chi connectivity index (χ1v) is 9.01. The van der Waals surface area contributed by atoms with Crippen LogP contribution in [-0.4, -0.2) is 25.3 Å². The Balaban J connectivity index is 3.54. The van der Waals surface area contributed by atoms with E-state index in [4.69, 9.17) is 9.68 Å². The average Bonchev–Trinajstić information content (AvgIpc) is 2.54. The molecule has 1 rings (SSSR count). The lowest BCUT2D eigenvalue weighted by Gasteiger charge is -2.40. The van der Waals surface area contributed by atoms with Crippen LogP contribution < -0.4 is 10.1 Å². The first-order valence-electron chi connectivity index (χ1n) is 6.61. The van der Waals surface area contributed by atoms with Crippen molar-refractivity contribution in [3.05, 3.63) is 7.57 Å². The number of halogens is 2. The Bertz CT molecular complexity index is 450. The molecular weight excluding hydrogens is 420 g/mol. The summed E-state index contributed by atoms with van der Waals surface area (Å²) in [6, 6.07) is 0. The highest BCUT2D eigenvalue weighted by Crippen LogP contribution is 2.52. The Labute approximate surface area is 148 Å². The highest BCUT2D eigenvalue weighted by Gasteiger charge is 2.35. The lowest BCUT2D eigenvalue weighted by Crippen LogP contribution is -2.44. The van der Waals surface area contributed by atoms with E-state index in [1.165, 1.54) is 0 Å². The van der Waals surface area contributed by atoms with E-state index in [9.17, 15) is 0 Å². The van der Waals surface area contributed by atoms with E-state index in [-0.39, 0.29) is 11.1 Å². The summed E-state index contributed by atoms with van der Waals surface area (Å²) in [5.41, 5.74) is 1.53. The van der Waals surface area contributed by atoms with Gasteiger partial charge in [-0.05, 0) is 73.4 Å². The van der Waals surface area contributed by atoms with Gasteiger partial charge in [-0.1, -0.05) is 0 Å². The van der Waals surface area contributed by atoms with Crippen LogP contribution in [0.1, 0.15) is 41.5 Å². The summed E-state index contributed by atoms with van der Waals surface area (Å²) in [6.45, 7) is 12.6. The number of rotatable bonds is 4. The van der Waals surface area contributed by atoms with Crippen molar-refractivity contribution in [2.45, 2.75) is 52.6 Å². The third kappa shape index (κ3) is 4.13. The van der Waals surface area contributed by atoms with E-state index < -0.39 is 0 Å². The van der Waals surface area contributed by atoms with Crippen LogP contribution in [0.5, 0.6) is 0 Å². The molecule has 0 aliphatic carbocycles. The lowest BCUT2D eigenvalue weighted by atomic mass is 10.1. The largest absolute Gasteiger partial charge is 0.276 e. The minimum Gasteiger partial charge on any atom is -0.276 e. The third-order valence-electron chi connectivity index (χ3n) is 2.77. The molecule has 0 amide bonds. The van der Waals surface area contributed by atoms with Gasteiger partial charge in [0.15, 0.2) is 0 Å². The van der Waals surface area contributed by atoms with Gasteiger partial charge in [0, 0.05) is 0 Å². The summed E-state index contributed by atoms with van der Waals surface area (Å²) in [5.74, 6) is 0. The van der Waals surface area contributed by atoms with Gasteiger partial charge in [-0.15, -0.1) is 11.3 Å². The van der Waals surface area contributed by atoms with Gasteiger partial charge in [0.25, 0.3) is 0 Å². The van der Waals surface area contributed by atoms with E-state index in [2.05, 4.69) is 73.4 Å². The van der Waals surface area contributed by atoms with Crippen molar-refractivity contribution in [1.29, 1.82) is 0 Å². The van der Waals surface area contributed by atoms with Crippen LogP contribution in [0.25, 0.3) is 0 Å². The van der Waals surface area contributed by atoms with Crippen LogP contribution >= 0.6 is 43.2 Å². The Morgan fingerprint density at radius 1 is 0.762 bits per heavy atom. The second-order valence-corrected chi connectivity index (χ2v) is 10.3. The molecule has 0 aliphatic heterocycles. The molecule has 0 aromatic carbocycles. The number of thiophene rings is 1. The third-order valence-corrected chi connectivity index (χ3v) is 5.23. The summed E-state index contributed by atoms with van der Waals surface area (Å²) in [5, 5.41) is 3.79. The Hall–Kier alpha value is 0.180. The molecule has 0 aliphatic rings. The van der Waals surface area contributed by atoms with Crippen molar-refractivity contribution in [3.8, 4) is 0 Å². The molecule has 7 heteroatoms. The minimum absolute atomic E-state index is 0.191. The van der Waals surface area contributed by atoms with E-state index in [0.717, 1.165) is 18.9 Å². The molecule has 122 valence electrons. The molecule has 0 N–H and O–H groups in total. The summed E-state index contributed by atoms with van der Waals surface area (Å²) in [7, 11) is 3.36. The fourth-order valence-corrected chi connectivity index (χ4v) is 5.15. The lowest BCUT2D eigenvalue weighted by molar-refractivity contribution is 0.103. The smallest absolute Gasteiger partial charge is 0.116 e. The average molecular weight is 444 g/mol. The Morgan fingerprint density at radius 2 is 1.05 bits per heavy atom. The number of hydrogen-bond donors (Lipinski definition) is 0. The first kappa shape index (κ1) is 19.2. The van der Waals surface area contributed by atoms with Gasteiger partial charge < -0.3 is 0 Å². The zero-order valence-corrected chi connectivity index (χ0v) is 17.9. The zero-order chi connectivity index (χ0) is 16.6. The molecule has 0 saturated carbocycles. The SMILES string of the molecule is CON(c1c(Br)sc(Br)c1N(OC)C(C)(C)C)C(C)(C)C. The summed E-state index contributed by atoms with van der Waals surface area (Å²) in [4.78, 5) is 11.3. The molecule has 1 aromatic rings. The maximum Gasteiger partial charge on any atom is 0.116 e. The number of nitrogens with zero attached hydrogens (tertiary/aromatic N) is 2. The monoisotopic (exact) mass is 442 g/mol. The molecular formula is C14H24Br2N2O2S. The van der Waals surface area contributed by atoms with Crippen molar-refractivity contribution < 1.29 is 9.68 Å². The fraction of sp³-hybridized carbons (Fsp3) is 0.714. The Morgan fingerprint density at radius 3 is 1.24 bits per heavy atom. The molecule has 1 aromatic heterocycles. The van der Waals surface area contributed by atoms with Crippen molar-refractivity contribution in [2.24, 2.45) is 0 Å². The standard InChI is InChI=1S/C14H24Br2N2O2S/c1-13(2,3)17(19-7)9-10(12(16)21-11(9)15)18(20-8)14(4,5)6/h1-8H3. The summed E-state index contributed by atoms with van der Waals surface area (Å²) in [6.07, 6.45) is 0. The highest BCUT2D eigenvalue weighted by molar-refractivity contribution is 9.12. The molecule has 0 saturated heterocycles. The molecule has 4 nitrogen and oxygen atoms in total. The molecule has 0 spiro atoms. The van der Waals surface area contributed by atoms with Gasteiger partial charge in [0.2, 0.25) is 0 Å². The maximum atomic E-state index is 5.65. The van der Waals surface area contributed by atoms with Gasteiger partial charge in [-0.3, -0.25) is 9.68 Å². The molecule has 1 heterocycles. The quantitative estimate of drug-likeness (QED) is 0.565. The minimum atomic E-state index is -0.191. The molecule has 0 bridgehead atoms. The fourth-order valence-electron chi connectivity index (χ4n) is 2.11. The van der Waals surface area contributed by atoms with Crippen LogP contribution in [0.4, 0.5) is 11.4 Å². The van der Waals surface area contributed by atoms with Crippen LogP contribution in [0.15, 0.2) is 7.57 Å². The molecule has 0 unspecified atom stereocenters. The van der Waals surface area contributed by atoms with E-state index in [1.54, 1.807) is 25.6 Å². The molecule has 0 fully saturated rings. The van der Waals surface area contributed by atoms with Gasteiger partial charge in [0.1, 0.15) is 11.4 Å². The van der Waals surface area contributed by atoms with Crippen molar-refractivity contribution in [2.75, 3.05) is 24.3 Å². The second kappa shape index (κ2) is 6.74. The van der Waals surface area contributed by atoms with Crippen molar-refractivity contribution >= 4 is 54.6 Å². The maximum absolute atomic E-state index is 5.65. The molecule has 21 heavy (non-hydrogen) atoms. The van der Waals surface area contributed by atoms with E-state index >= 15 is 0 Å². The normalized spacial score (nSPS) is 12.7. The number of hydrogen-bond acceptors (Lipinski definition) is 5. The van der Waals surface area contributed by atoms with Gasteiger partial charge in [0.05, 0.1) is 32.9 Å². The zero-order valence-electron chi connectivity index (χ0n) is 13.9. The van der Waals surface area contributed by atoms with Crippen LogP contribution in [0.3, 0.4) is 0 Å². The van der Waals surface area contributed by atoms with Crippen molar-refractivity contribution in [1.82, 2.24) is 0 Å². The number of hydroxylamine groups is 2. The summed E-state index contributed by atoms with van der Waals surface area (Å²) < 4.78 is 1.99. The van der Waals surface area contributed by atoms with Crippen LogP contribution in [0.2, 0.25) is 0 Å².